The third-order valence-electron chi connectivity index (χ3n) is 2.61. The molecule has 0 unspecified atom stereocenters. The van der Waals surface area contributed by atoms with Crippen LogP contribution in [-0.2, 0) is 6.42 Å². The van der Waals surface area contributed by atoms with E-state index >= 15 is 0 Å². The largest absolute Gasteiger partial charge is 0.508 e. The summed E-state index contributed by atoms with van der Waals surface area (Å²) >= 11 is 0. The summed E-state index contributed by atoms with van der Waals surface area (Å²) in [5.74, 6) is 0.353. The monoisotopic (exact) mass is 191 g/mol. The van der Waals surface area contributed by atoms with Crippen LogP contribution in [0.5, 0.6) is 5.75 Å². The van der Waals surface area contributed by atoms with Gasteiger partial charge in [0.1, 0.15) is 5.75 Å². The van der Waals surface area contributed by atoms with E-state index in [9.17, 15) is 9.90 Å². The van der Waals surface area contributed by atoms with Crippen molar-refractivity contribution in [3.63, 3.8) is 0 Å². The van der Waals surface area contributed by atoms with Crippen molar-refractivity contribution in [1.29, 1.82) is 0 Å². The van der Waals surface area contributed by atoms with Crippen molar-refractivity contribution in [1.82, 2.24) is 0 Å². The van der Waals surface area contributed by atoms with E-state index in [1.165, 1.54) is 12.8 Å². The van der Waals surface area contributed by atoms with E-state index in [0.717, 1.165) is 6.42 Å². The Bertz CT molecular complexity index is 370. The van der Waals surface area contributed by atoms with E-state index in [4.69, 9.17) is 5.73 Å². The molecule has 0 atom stereocenters. The SMILES string of the molecule is NC(=O)c1cccc(O)c1CC1CC1. The van der Waals surface area contributed by atoms with Crippen LogP contribution in [0.15, 0.2) is 18.2 Å². The molecule has 0 heterocycles. The van der Waals surface area contributed by atoms with Gasteiger partial charge in [-0.3, -0.25) is 4.79 Å². The summed E-state index contributed by atoms with van der Waals surface area (Å²) in [6.07, 6.45) is 3.14. The molecule has 1 saturated carbocycles. The van der Waals surface area contributed by atoms with Gasteiger partial charge < -0.3 is 10.8 Å². The van der Waals surface area contributed by atoms with Crippen molar-refractivity contribution >= 4 is 5.91 Å². The number of nitrogens with two attached hydrogens (primary N) is 1. The van der Waals surface area contributed by atoms with Gasteiger partial charge in [0, 0.05) is 11.1 Å². The standard InChI is InChI=1S/C11H13NO2/c12-11(14)8-2-1-3-10(13)9(8)6-7-4-5-7/h1-3,7,13H,4-6H2,(H2,12,14). The summed E-state index contributed by atoms with van der Waals surface area (Å²) < 4.78 is 0. The smallest absolute Gasteiger partial charge is 0.249 e. The summed E-state index contributed by atoms with van der Waals surface area (Å²) in [4.78, 5) is 11.1. The van der Waals surface area contributed by atoms with Crippen molar-refractivity contribution < 1.29 is 9.90 Å². The summed E-state index contributed by atoms with van der Waals surface area (Å²) in [7, 11) is 0. The number of primary amides is 1. The third-order valence-corrected chi connectivity index (χ3v) is 2.61. The highest BCUT2D eigenvalue weighted by Crippen LogP contribution is 2.36. The maximum Gasteiger partial charge on any atom is 0.249 e. The number of amides is 1. The highest BCUT2D eigenvalue weighted by molar-refractivity contribution is 5.95. The fourth-order valence-electron chi connectivity index (χ4n) is 1.63. The molecule has 0 aromatic heterocycles. The molecule has 2 rings (SSSR count). The number of rotatable bonds is 3. The molecule has 0 spiro atoms. The molecule has 74 valence electrons. The van der Waals surface area contributed by atoms with E-state index < -0.39 is 5.91 Å². The van der Waals surface area contributed by atoms with Crippen LogP contribution in [0.1, 0.15) is 28.8 Å². The van der Waals surface area contributed by atoms with Gasteiger partial charge in [-0.05, 0) is 37.3 Å². The van der Waals surface area contributed by atoms with Gasteiger partial charge in [0.25, 0.3) is 0 Å². The zero-order valence-corrected chi connectivity index (χ0v) is 7.86. The van der Waals surface area contributed by atoms with E-state index in [-0.39, 0.29) is 5.75 Å². The molecule has 1 fully saturated rings. The molecule has 0 aliphatic heterocycles. The Morgan fingerprint density at radius 3 is 2.79 bits per heavy atom. The predicted octanol–water partition coefficient (Wildman–Crippen LogP) is 1.44. The first kappa shape index (κ1) is 9.06. The van der Waals surface area contributed by atoms with Crippen LogP contribution in [-0.4, -0.2) is 11.0 Å². The summed E-state index contributed by atoms with van der Waals surface area (Å²) in [5, 5.41) is 9.61. The van der Waals surface area contributed by atoms with Gasteiger partial charge in [-0.15, -0.1) is 0 Å². The number of phenols is 1. The second kappa shape index (κ2) is 3.33. The number of aromatic hydroxyl groups is 1. The molecule has 3 N–H and O–H groups in total. The van der Waals surface area contributed by atoms with Gasteiger partial charge >= 0.3 is 0 Å². The lowest BCUT2D eigenvalue weighted by Gasteiger charge is -2.07. The van der Waals surface area contributed by atoms with E-state index in [2.05, 4.69) is 0 Å². The molecule has 1 aliphatic carbocycles. The van der Waals surface area contributed by atoms with Crippen LogP contribution in [0, 0.1) is 5.92 Å². The van der Waals surface area contributed by atoms with Crippen LogP contribution in [0.2, 0.25) is 0 Å². The Morgan fingerprint density at radius 2 is 2.21 bits per heavy atom. The highest BCUT2D eigenvalue weighted by Gasteiger charge is 2.25. The molecule has 0 saturated heterocycles. The van der Waals surface area contributed by atoms with Crippen molar-refractivity contribution in [2.75, 3.05) is 0 Å². The molecular weight excluding hydrogens is 178 g/mol. The first-order valence-electron chi connectivity index (χ1n) is 4.79. The second-order valence-corrected chi connectivity index (χ2v) is 3.82. The van der Waals surface area contributed by atoms with E-state index in [0.29, 0.717) is 17.0 Å². The zero-order valence-electron chi connectivity index (χ0n) is 7.86. The van der Waals surface area contributed by atoms with Crippen LogP contribution >= 0.6 is 0 Å². The van der Waals surface area contributed by atoms with Crippen molar-refractivity contribution in [2.45, 2.75) is 19.3 Å². The van der Waals surface area contributed by atoms with Crippen LogP contribution in [0.25, 0.3) is 0 Å². The summed E-state index contributed by atoms with van der Waals surface area (Å²) in [5.41, 5.74) is 6.40. The van der Waals surface area contributed by atoms with Gasteiger partial charge in [0.15, 0.2) is 0 Å². The Labute approximate surface area is 82.5 Å². The van der Waals surface area contributed by atoms with E-state index in [1.54, 1.807) is 18.2 Å². The second-order valence-electron chi connectivity index (χ2n) is 3.82. The highest BCUT2D eigenvalue weighted by atomic mass is 16.3. The minimum atomic E-state index is -0.462. The first-order valence-corrected chi connectivity index (χ1v) is 4.79. The van der Waals surface area contributed by atoms with Crippen LogP contribution < -0.4 is 5.73 Å². The lowest BCUT2D eigenvalue weighted by Crippen LogP contribution is -2.14. The number of carbonyl (C=O) groups is 1. The Kier molecular flexibility index (Phi) is 2.15. The maximum atomic E-state index is 11.1. The van der Waals surface area contributed by atoms with E-state index in [1.807, 2.05) is 0 Å². The average molecular weight is 191 g/mol. The average Bonchev–Trinajstić information content (AvgIpc) is 2.91. The predicted molar refractivity (Wildman–Crippen MR) is 53.1 cm³/mol. The number of carbonyl (C=O) groups excluding carboxylic acids is 1. The number of benzene rings is 1. The molecule has 1 aromatic carbocycles. The molecule has 0 radical (unpaired) electrons. The fraction of sp³-hybridized carbons (Fsp3) is 0.364. The van der Waals surface area contributed by atoms with Crippen molar-refractivity contribution in [3.05, 3.63) is 29.3 Å². The Hall–Kier alpha value is -1.51. The molecule has 0 bridgehead atoms. The molecule has 1 aliphatic rings. The topological polar surface area (TPSA) is 63.3 Å². The molecule has 1 amide bonds. The molecule has 14 heavy (non-hydrogen) atoms. The maximum absolute atomic E-state index is 11.1. The number of hydrogen-bond donors (Lipinski definition) is 2. The number of hydrogen-bond acceptors (Lipinski definition) is 2. The minimum Gasteiger partial charge on any atom is -0.508 e. The van der Waals surface area contributed by atoms with Crippen molar-refractivity contribution in [3.8, 4) is 5.75 Å². The molecule has 3 nitrogen and oxygen atoms in total. The summed E-state index contributed by atoms with van der Waals surface area (Å²) in [6.45, 7) is 0. The first-order chi connectivity index (χ1) is 6.68. The molecule has 3 heteroatoms. The zero-order chi connectivity index (χ0) is 10.1. The summed E-state index contributed by atoms with van der Waals surface area (Å²) in [6, 6.07) is 4.91. The molecular formula is C11H13NO2. The number of phenolic OH excluding ortho intramolecular Hbond substituents is 1. The minimum absolute atomic E-state index is 0.188. The van der Waals surface area contributed by atoms with Crippen molar-refractivity contribution in [2.24, 2.45) is 11.7 Å². The fourth-order valence-corrected chi connectivity index (χ4v) is 1.63. The molecule has 1 aromatic rings. The lowest BCUT2D eigenvalue weighted by molar-refractivity contribution is 0.0999. The lowest BCUT2D eigenvalue weighted by atomic mass is 10.0. The Balaban J connectivity index is 2.36. The van der Waals surface area contributed by atoms with Crippen LogP contribution in [0.4, 0.5) is 0 Å². The van der Waals surface area contributed by atoms with Gasteiger partial charge in [-0.25, -0.2) is 0 Å². The van der Waals surface area contributed by atoms with Gasteiger partial charge in [-0.1, -0.05) is 6.07 Å². The van der Waals surface area contributed by atoms with Gasteiger partial charge in [-0.2, -0.15) is 0 Å². The normalized spacial score (nSPS) is 15.4. The Morgan fingerprint density at radius 1 is 1.50 bits per heavy atom. The van der Waals surface area contributed by atoms with Crippen LogP contribution in [0.3, 0.4) is 0 Å². The van der Waals surface area contributed by atoms with Gasteiger partial charge in [0.05, 0.1) is 0 Å². The quantitative estimate of drug-likeness (QED) is 0.759. The third kappa shape index (κ3) is 1.71. The van der Waals surface area contributed by atoms with Gasteiger partial charge in [0.2, 0.25) is 5.91 Å².